The van der Waals surface area contributed by atoms with Gasteiger partial charge < -0.3 is 10.3 Å². The summed E-state index contributed by atoms with van der Waals surface area (Å²) >= 11 is 0. The van der Waals surface area contributed by atoms with Crippen LogP contribution in [-0.2, 0) is 6.54 Å². The summed E-state index contributed by atoms with van der Waals surface area (Å²) in [4.78, 5) is 0. The highest BCUT2D eigenvalue weighted by atomic mass is 16.5. The van der Waals surface area contributed by atoms with Crippen molar-refractivity contribution >= 4 is 0 Å². The average molecular weight is 194 g/mol. The smallest absolute Gasteiger partial charge is 0.150 e. The second-order valence-electron chi connectivity index (χ2n) is 4.39. The van der Waals surface area contributed by atoms with E-state index in [2.05, 4.69) is 12.1 Å². The van der Waals surface area contributed by atoms with Crippen LogP contribution in [0.5, 0.6) is 0 Å². The number of hydrogen-bond acceptors (Lipinski definition) is 3. The number of nitrogens with zero attached hydrogens (tertiary/aromatic N) is 1. The molecule has 1 aliphatic rings. The molecule has 3 nitrogen and oxygen atoms in total. The highest BCUT2D eigenvalue weighted by molar-refractivity contribution is 5.11. The monoisotopic (exact) mass is 194 g/mol. The zero-order valence-corrected chi connectivity index (χ0v) is 8.70. The zero-order valence-electron chi connectivity index (χ0n) is 8.70. The maximum atomic E-state index is 5.49. The van der Waals surface area contributed by atoms with Crippen LogP contribution < -0.4 is 5.73 Å². The molecule has 0 bridgehead atoms. The van der Waals surface area contributed by atoms with Crippen LogP contribution in [0.3, 0.4) is 0 Å². The minimum Gasteiger partial charge on any atom is -0.360 e. The molecule has 1 saturated carbocycles. The van der Waals surface area contributed by atoms with E-state index in [4.69, 9.17) is 10.3 Å². The highest BCUT2D eigenvalue weighted by Crippen LogP contribution is 2.35. The average Bonchev–Trinajstić information content (AvgIpc) is 2.66. The number of nitrogens with two attached hydrogens (primary N) is 1. The lowest BCUT2D eigenvalue weighted by atomic mass is 9.81. The molecule has 0 spiro atoms. The molecule has 2 atom stereocenters. The Hall–Kier alpha value is -0.830. The third-order valence-electron chi connectivity index (χ3n) is 3.13. The van der Waals surface area contributed by atoms with Crippen LogP contribution in [0.15, 0.2) is 10.6 Å². The number of hydrogen-bond donors (Lipinski definition) is 1. The van der Waals surface area contributed by atoms with Crippen LogP contribution >= 0.6 is 0 Å². The van der Waals surface area contributed by atoms with Gasteiger partial charge in [0.25, 0.3) is 0 Å². The van der Waals surface area contributed by atoms with Crippen molar-refractivity contribution in [2.24, 2.45) is 11.7 Å². The highest BCUT2D eigenvalue weighted by Gasteiger charge is 2.22. The maximum absolute atomic E-state index is 5.49. The lowest BCUT2D eigenvalue weighted by molar-refractivity contribution is 0.320. The van der Waals surface area contributed by atoms with Gasteiger partial charge in [0.05, 0.1) is 12.2 Å². The fourth-order valence-corrected chi connectivity index (χ4v) is 2.32. The van der Waals surface area contributed by atoms with Gasteiger partial charge in [-0.25, -0.2) is 0 Å². The molecule has 3 heteroatoms. The summed E-state index contributed by atoms with van der Waals surface area (Å²) in [5, 5.41) is 4.09. The first-order valence-corrected chi connectivity index (χ1v) is 5.45. The normalized spacial score (nSPS) is 27.9. The Morgan fingerprint density at radius 2 is 2.43 bits per heavy atom. The number of aromatic nitrogens is 1. The quantitative estimate of drug-likeness (QED) is 0.786. The van der Waals surface area contributed by atoms with Crippen molar-refractivity contribution in [2.45, 2.75) is 45.1 Å². The summed E-state index contributed by atoms with van der Waals surface area (Å²) in [7, 11) is 0. The molecule has 14 heavy (non-hydrogen) atoms. The van der Waals surface area contributed by atoms with Crippen molar-refractivity contribution < 1.29 is 4.52 Å². The van der Waals surface area contributed by atoms with Crippen LogP contribution in [0.25, 0.3) is 0 Å². The molecule has 1 aliphatic carbocycles. The molecule has 0 radical (unpaired) electrons. The fraction of sp³-hybridized carbons (Fsp3) is 0.727. The van der Waals surface area contributed by atoms with Crippen molar-refractivity contribution in [1.82, 2.24) is 5.16 Å². The lowest BCUT2D eigenvalue weighted by Crippen LogP contribution is -2.11. The van der Waals surface area contributed by atoms with E-state index in [0.717, 1.165) is 17.4 Å². The Morgan fingerprint density at radius 1 is 1.57 bits per heavy atom. The molecule has 1 aromatic rings. The minimum absolute atomic E-state index is 0.454. The standard InChI is InChI=1S/C11H18N2O/c1-8-3-2-4-9(5-8)11-6-10(7-12)14-13-11/h6,8-9H,2-5,7,12H2,1H3. The van der Waals surface area contributed by atoms with Gasteiger partial charge in [-0.3, -0.25) is 0 Å². The van der Waals surface area contributed by atoms with Crippen molar-refractivity contribution in [1.29, 1.82) is 0 Å². The molecule has 1 heterocycles. The van der Waals surface area contributed by atoms with Crippen LogP contribution in [0.4, 0.5) is 0 Å². The molecular weight excluding hydrogens is 176 g/mol. The van der Waals surface area contributed by atoms with Crippen LogP contribution in [-0.4, -0.2) is 5.16 Å². The van der Waals surface area contributed by atoms with Crippen LogP contribution in [0.1, 0.15) is 50.0 Å². The van der Waals surface area contributed by atoms with Gasteiger partial charge in [-0.2, -0.15) is 0 Å². The van der Waals surface area contributed by atoms with Gasteiger partial charge in [0.1, 0.15) is 0 Å². The van der Waals surface area contributed by atoms with Gasteiger partial charge in [-0.05, 0) is 18.8 Å². The minimum atomic E-state index is 0.454. The Bertz CT molecular complexity index is 295. The topological polar surface area (TPSA) is 52.0 Å². The van der Waals surface area contributed by atoms with Gasteiger partial charge >= 0.3 is 0 Å². The summed E-state index contributed by atoms with van der Waals surface area (Å²) < 4.78 is 5.13. The predicted octanol–water partition coefficient (Wildman–Crippen LogP) is 2.43. The van der Waals surface area contributed by atoms with Gasteiger partial charge in [0.2, 0.25) is 0 Å². The van der Waals surface area contributed by atoms with Crippen molar-refractivity contribution in [3.63, 3.8) is 0 Å². The van der Waals surface area contributed by atoms with E-state index in [0.29, 0.717) is 12.5 Å². The predicted molar refractivity (Wildman–Crippen MR) is 54.8 cm³/mol. The third kappa shape index (κ3) is 1.98. The summed E-state index contributed by atoms with van der Waals surface area (Å²) in [6, 6.07) is 2.02. The zero-order chi connectivity index (χ0) is 9.97. The van der Waals surface area contributed by atoms with Gasteiger partial charge in [0.15, 0.2) is 5.76 Å². The SMILES string of the molecule is CC1CCCC(c2cc(CN)on2)C1. The van der Waals surface area contributed by atoms with Gasteiger partial charge in [-0.15, -0.1) is 0 Å². The molecule has 0 aliphatic heterocycles. The molecular formula is C11H18N2O. The Morgan fingerprint density at radius 3 is 3.07 bits per heavy atom. The molecule has 0 saturated heterocycles. The van der Waals surface area contributed by atoms with E-state index in [1.165, 1.54) is 25.7 Å². The first-order chi connectivity index (χ1) is 6.79. The fourth-order valence-electron chi connectivity index (χ4n) is 2.32. The Kier molecular flexibility index (Phi) is 2.87. The molecule has 78 valence electrons. The Labute approximate surface area is 84.7 Å². The van der Waals surface area contributed by atoms with E-state index in [1.807, 2.05) is 6.07 Å². The first kappa shape index (κ1) is 9.71. The van der Waals surface area contributed by atoms with Crippen LogP contribution in [0, 0.1) is 5.92 Å². The first-order valence-electron chi connectivity index (χ1n) is 5.45. The molecule has 2 N–H and O–H groups in total. The summed E-state index contributed by atoms with van der Waals surface area (Å²) in [6.45, 7) is 2.77. The Balaban J connectivity index is 2.06. The van der Waals surface area contributed by atoms with Gasteiger partial charge in [0, 0.05) is 12.0 Å². The van der Waals surface area contributed by atoms with Crippen molar-refractivity contribution in [2.75, 3.05) is 0 Å². The molecule has 1 fully saturated rings. The van der Waals surface area contributed by atoms with E-state index in [1.54, 1.807) is 0 Å². The third-order valence-corrected chi connectivity index (χ3v) is 3.13. The summed E-state index contributed by atoms with van der Waals surface area (Å²) in [6.07, 6.45) is 5.17. The maximum Gasteiger partial charge on any atom is 0.150 e. The summed E-state index contributed by atoms with van der Waals surface area (Å²) in [5.41, 5.74) is 6.59. The van der Waals surface area contributed by atoms with E-state index in [9.17, 15) is 0 Å². The lowest BCUT2D eigenvalue weighted by Gasteiger charge is -2.24. The number of rotatable bonds is 2. The molecule has 0 amide bonds. The van der Waals surface area contributed by atoms with Crippen molar-refractivity contribution in [3.8, 4) is 0 Å². The van der Waals surface area contributed by atoms with E-state index < -0.39 is 0 Å². The largest absolute Gasteiger partial charge is 0.360 e. The molecule has 2 rings (SSSR count). The van der Waals surface area contributed by atoms with Crippen molar-refractivity contribution in [3.05, 3.63) is 17.5 Å². The van der Waals surface area contributed by atoms with Crippen LogP contribution in [0.2, 0.25) is 0 Å². The van der Waals surface area contributed by atoms with Gasteiger partial charge in [-0.1, -0.05) is 24.9 Å². The molecule has 0 aromatic carbocycles. The van der Waals surface area contributed by atoms with E-state index in [-0.39, 0.29) is 0 Å². The molecule has 1 aromatic heterocycles. The second-order valence-corrected chi connectivity index (χ2v) is 4.39. The molecule has 2 unspecified atom stereocenters. The second kappa shape index (κ2) is 4.13. The summed E-state index contributed by atoms with van der Waals surface area (Å²) in [5.74, 6) is 2.23. The van der Waals surface area contributed by atoms with E-state index >= 15 is 0 Å².